The van der Waals surface area contributed by atoms with Crippen molar-refractivity contribution in [2.45, 2.75) is 6.54 Å². The normalized spacial score (nSPS) is 10.5. The van der Waals surface area contributed by atoms with Crippen molar-refractivity contribution in [3.8, 4) is 0 Å². The quantitative estimate of drug-likeness (QED) is 0.915. The largest absolute Gasteiger partial charge is 0.396 e. The molecule has 0 saturated heterocycles. The average Bonchev–Trinajstić information content (AvgIpc) is 2.69. The Balaban J connectivity index is 2.11. The van der Waals surface area contributed by atoms with Gasteiger partial charge in [-0.1, -0.05) is 23.2 Å². The Hall–Kier alpha value is -1.79. The Bertz CT molecular complexity index is 606. The van der Waals surface area contributed by atoms with E-state index in [0.29, 0.717) is 5.69 Å². The van der Waals surface area contributed by atoms with Gasteiger partial charge in [0, 0.05) is 6.20 Å². The van der Waals surface area contributed by atoms with Crippen molar-refractivity contribution in [1.82, 2.24) is 9.78 Å². The Morgan fingerprint density at radius 2 is 2.05 bits per heavy atom. The molecule has 2 rings (SSSR count). The van der Waals surface area contributed by atoms with Crippen LogP contribution in [0.25, 0.3) is 0 Å². The van der Waals surface area contributed by atoms with Crippen molar-refractivity contribution in [3.05, 3.63) is 40.4 Å². The van der Waals surface area contributed by atoms with Crippen molar-refractivity contribution >= 4 is 40.5 Å². The van der Waals surface area contributed by atoms with Crippen molar-refractivity contribution in [1.29, 1.82) is 0 Å². The van der Waals surface area contributed by atoms with E-state index in [2.05, 4.69) is 10.4 Å². The highest BCUT2D eigenvalue weighted by molar-refractivity contribution is 6.39. The summed E-state index contributed by atoms with van der Waals surface area (Å²) in [5.41, 5.74) is 6.08. The summed E-state index contributed by atoms with van der Waals surface area (Å²) in [6.07, 6.45) is 2.93. The van der Waals surface area contributed by atoms with Crippen molar-refractivity contribution in [2.75, 3.05) is 11.1 Å². The molecule has 2 aromatic rings. The molecule has 0 spiro atoms. The number of benzene rings is 1. The van der Waals surface area contributed by atoms with Crippen LogP contribution in [0.4, 0.5) is 15.8 Å². The molecule has 3 N–H and O–H groups in total. The second-order valence-corrected chi connectivity index (χ2v) is 4.58. The molecule has 0 bridgehead atoms. The summed E-state index contributed by atoms with van der Waals surface area (Å²) in [5, 5.41) is 6.41. The molecule has 0 unspecified atom stereocenters. The van der Waals surface area contributed by atoms with Crippen LogP contribution in [0.2, 0.25) is 10.0 Å². The molecule has 1 heterocycles. The fraction of sp³-hybridized carbons (Fsp3) is 0.0909. The van der Waals surface area contributed by atoms with Gasteiger partial charge in [0.15, 0.2) is 0 Å². The van der Waals surface area contributed by atoms with E-state index in [1.54, 1.807) is 0 Å². The standard InChI is InChI=1S/C11H9Cl2FN4O/c12-8-1-6(14)2-9(13)11(8)17-10(19)5-18-4-7(15)3-16-18/h1-4H,5,15H2,(H,17,19). The fourth-order valence-corrected chi connectivity index (χ4v) is 2.01. The number of nitrogens with zero attached hydrogens (tertiary/aromatic N) is 2. The van der Waals surface area contributed by atoms with Crippen molar-refractivity contribution in [2.24, 2.45) is 0 Å². The smallest absolute Gasteiger partial charge is 0.246 e. The van der Waals surface area contributed by atoms with Gasteiger partial charge in [-0.3, -0.25) is 9.48 Å². The molecule has 0 atom stereocenters. The predicted octanol–water partition coefficient (Wildman–Crippen LogP) is 2.55. The molecule has 8 heteroatoms. The van der Waals surface area contributed by atoms with Crippen LogP contribution in [0.5, 0.6) is 0 Å². The van der Waals surface area contributed by atoms with Crippen LogP contribution >= 0.6 is 23.2 Å². The van der Waals surface area contributed by atoms with E-state index in [1.165, 1.54) is 17.1 Å². The number of hydrogen-bond acceptors (Lipinski definition) is 3. The van der Waals surface area contributed by atoms with E-state index >= 15 is 0 Å². The number of rotatable bonds is 3. The molecular formula is C11H9Cl2FN4O. The number of amides is 1. The molecule has 0 saturated carbocycles. The number of anilines is 2. The molecule has 100 valence electrons. The van der Waals surface area contributed by atoms with Gasteiger partial charge in [0.1, 0.15) is 12.4 Å². The highest BCUT2D eigenvalue weighted by Crippen LogP contribution is 2.31. The lowest BCUT2D eigenvalue weighted by atomic mass is 10.3. The molecule has 19 heavy (non-hydrogen) atoms. The summed E-state index contributed by atoms with van der Waals surface area (Å²) in [7, 11) is 0. The first-order chi connectivity index (χ1) is 8.95. The van der Waals surface area contributed by atoms with E-state index in [9.17, 15) is 9.18 Å². The number of nitrogens with one attached hydrogen (secondary N) is 1. The van der Waals surface area contributed by atoms with Crippen molar-refractivity contribution in [3.63, 3.8) is 0 Å². The number of aromatic nitrogens is 2. The Labute approximate surface area is 118 Å². The Morgan fingerprint density at radius 1 is 1.42 bits per heavy atom. The minimum atomic E-state index is -0.576. The van der Waals surface area contributed by atoms with Gasteiger partial charge in [0.25, 0.3) is 0 Å². The van der Waals surface area contributed by atoms with Gasteiger partial charge in [-0.05, 0) is 12.1 Å². The number of carbonyl (C=O) groups is 1. The maximum Gasteiger partial charge on any atom is 0.246 e. The monoisotopic (exact) mass is 302 g/mol. The first-order valence-corrected chi connectivity index (χ1v) is 5.93. The fourth-order valence-electron chi connectivity index (χ4n) is 1.45. The highest BCUT2D eigenvalue weighted by Gasteiger charge is 2.12. The summed E-state index contributed by atoms with van der Waals surface area (Å²) >= 11 is 11.6. The zero-order chi connectivity index (χ0) is 14.0. The van der Waals surface area contributed by atoms with E-state index < -0.39 is 11.7 Å². The van der Waals surface area contributed by atoms with E-state index in [0.717, 1.165) is 12.1 Å². The highest BCUT2D eigenvalue weighted by atomic mass is 35.5. The zero-order valence-electron chi connectivity index (χ0n) is 9.53. The third kappa shape index (κ3) is 3.36. The SMILES string of the molecule is Nc1cnn(CC(=O)Nc2c(Cl)cc(F)cc2Cl)c1. The van der Waals surface area contributed by atoms with Crippen LogP contribution in [0, 0.1) is 5.82 Å². The molecule has 1 aromatic carbocycles. The Kier molecular flexibility index (Phi) is 3.92. The van der Waals surface area contributed by atoms with Gasteiger partial charge < -0.3 is 11.1 Å². The van der Waals surface area contributed by atoms with Crippen LogP contribution in [0.3, 0.4) is 0 Å². The summed E-state index contributed by atoms with van der Waals surface area (Å²) in [6.45, 7) is -0.0543. The van der Waals surface area contributed by atoms with Crippen LogP contribution in [0.1, 0.15) is 0 Å². The minimum absolute atomic E-state index is 0.0262. The third-order valence-electron chi connectivity index (χ3n) is 2.23. The van der Waals surface area contributed by atoms with Gasteiger partial charge in [0.2, 0.25) is 5.91 Å². The number of halogens is 3. The maximum absolute atomic E-state index is 13.0. The molecule has 0 aliphatic heterocycles. The van der Waals surface area contributed by atoms with E-state index in [1.807, 2.05) is 0 Å². The van der Waals surface area contributed by atoms with Crippen LogP contribution in [0.15, 0.2) is 24.5 Å². The molecule has 0 aliphatic carbocycles. The number of carbonyl (C=O) groups excluding carboxylic acids is 1. The lowest BCUT2D eigenvalue weighted by Gasteiger charge is -2.09. The lowest BCUT2D eigenvalue weighted by molar-refractivity contribution is -0.116. The average molecular weight is 303 g/mol. The van der Waals surface area contributed by atoms with Gasteiger partial charge in [-0.15, -0.1) is 0 Å². The predicted molar refractivity (Wildman–Crippen MR) is 71.7 cm³/mol. The summed E-state index contributed by atoms with van der Waals surface area (Å²) in [6, 6.07) is 2.13. The molecule has 1 amide bonds. The van der Waals surface area contributed by atoms with Crippen molar-refractivity contribution < 1.29 is 9.18 Å². The van der Waals surface area contributed by atoms with Gasteiger partial charge in [-0.25, -0.2) is 4.39 Å². The third-order valence-corrected chi connectivity index (χ3v) is 2.83. The summed E-state index contributed by atoms with van der Waals surface area (Å²) in [4.78, 5) is 11.8. The summed E-state index contributed by atoms with van der Waals surface area (Å²) < 4.78 is 14.3. The van der Waals surface area contributed by atoms with Crippen LogP contribution in [-0.2, 0) is 11.3 Å². The number of nitrogen functional groups attached to an aromatic ring is 1. The maximum atomic E-state index is 13.0. The molecule has 1 aromatic heterocycles. The zero-order valence-corrected chi connectivity index (χ0v) is 11.0. The first kappa shape index (κ1) is 13.6. The molecule has 0 radical (unpaired) electrons. The van der Waals surface area contributed by atoms with E-state index in [-0.39, 0.29) is 22.3 Å². The summed E-state index contributed by atoms with van der Waals surface area (Å²) in [5.74, 6) is -0.980. The second kappa shape index (κ2) is 5.46. The molecule has 0 fully saturated rings. The first-order valence-electron chi connectivity index (χ1n) is 5.18. The molecular weight excluding hydrogens is 294 g/mol. The van der Waals surface area contributed by atoms with Crippen LogP contribution < -0.4 is 11.1 Å². The minimum Gasteiger partial charge on any atom is -0.396 e. The Morgan fingerprint density at radius 3 is 2.58 bits per heavy atom. The lowest BCUT2D eigenvalue weighted by Crippen LogP contribution is -2.19. The van der Waals surface area contributed by atoms with E-state index in [4.69, 9.17) is 28.9 Å². The van der Waals surface area contributed by atoms with Gasteiger partial charge in [0.05, 0.1) is 27.6 Å². The molecule has 0 aliphatic rings. The number of nitrogens with two attached hydrogens (primary N) is 1. The molecule has 5 nitrogen and oxygen atoms in total. The number of hydrogen-bond donors (Lipinski definition) is 2. The van der Waals surface area contributed by atoms with Crippen LogP contribution in [-0.4, -0.2) is 15.7 Å². The van der Waals surface area contributed by atoms with Gasteiger partial charge >= 0.3 is 0 Å². The topological polar surface area (TPSA) is 72.9 Å². The van der Waals surface area contributed by atoms with Gasteiger partial charge in [-0.2, -0.15) is 5.10 Å². The second-order valence-electron chi connectivity index (χ2n) is 3.76.